The Balaban J connectivity index is 1.63. The molecule has 0 amide bonds. The Morgan fingerprint density at radius 1 is 1.26 bits per heavy atom. The smallest absolute Gasteiger partial charge is 0.131 e. The summed E-state index contributed by atoms with van der Waals surface area (Å²) in [6.07, 6.45) is 7.42. The van der Waals surface area contributed by atoms with Crippen LogP contribution in [0, 0.1) is 5.82 Å². The van der Waals surface area contributed by atoms with Crippen molar-refractivity contribution in [2.75, 3.05) is 25.0 Å². The van der Waals surface area contributed by atoms with Crippen LogP contribution in [0.3, 0.4) is 0 Å². The van der Waals surface area contributed by atoms with E-state index in [0.717, 1.165) is 52.2 Å². The van der Waals surface area contributed by atoms with E-state index in [4.69, 9.17) is 0 Å². The minimum atomic E-state index is -0.298. The first kappa shape index (κ1) is 24.3. The van der Waals surface area contributed by atoms with Crippen LogP contribution in [0.15, 0.2) is 83.2 Å². The lowest BCUT2D eigenvalue weighted by Gasteiger charge is -2.21. The predicted octanol–water partition coefficient (Wildman–Crippen LogP) is 5.32. The fraction of sp³-hybridized carbons (Fsp3) is 0.286. The standard InChI is InChI=1S/C28H33FN6/c1-7-27-19(5)25(15-30-8-9-31-27)24-11-21-13-28(32-14-22(21)12-26(24)29)33-18(4)10-23-16-35(17(2)3)20(6)34-23/h7,10-15,17,31,34H,4,6,8-9,16H2,1-3,5H3,(H,32,33)/b23-10-,25-19+,27-7-,30-15-. The van der Waals surface area contributed by atoms with Crippen LogP contribution in [0.5, 0.6) is 0 Å². The summed E-state index contributed by atoms with van der Waals surface area (Å²) in [5.74, 6) is 1.23. The lowest BCUT2D eigenvalue weighted by Crippen LogP contribution is -2.26. The van der Waals surface area contributed by atoms with Gasteiger partial charge in [-0.15, -0.1) is 0 Å². The minimum absolute atomic E-state index is 0.298. The lowest BCUT2D eigenvalue weighted by molar-refractivity contribution is 0.330. The van der Waals surface area contributed by atoms with Crippen molar-refractivity contribution in [2.45, 2.75) is 33.7 Å². The number of halogens is 1. The van der Waals surface area contributed by atoms with E-state index in [1.807, 2.05) is 38.1 Å². The highest BCUT2D eigenvalue weighted by Gasteiger charge is 2.21. The fourth-order valence-electron chi connectivity index (χ4n) is 4.38. The molecule has 2 aliphatic rings. The van der Waals surface area contributed by atoms with Gasteiger partial charge in [-0.2, -0.15) is 0 Å². The Bertz CT molecular complexity index is 1300. The summed E-state index contributed by atoms with van der Waals surface area (Å²) in [6, 6.07) is 5.66. The number of hydrogen-bond donors (Lipinski definition) is 3. The summed E-state index contributed by atoms with van der Waals surface area (Å²) in [4.78, 5) is 11.1. The molecule has 35 heavy (non-hydrogen) atoms. The van der Waals surface area contributed by atoms with Crippen LogP contribution in [0.2, 0.25) is 0 Å². The van der Waals surface area contributed by atoms with Gasteiger partial charge in [0.05, 0.1) is 18.9 Å². The molecule has 6 nitrogen and oxygen atoms in total. The second-order valence-electron chi connectivity index (χ2n) is 9.06. The van der Waals surface area contributed by atoms with Gasteiger partial charge in [-0.1, -0.05) is 19.2 Å². The zero-order valence-electron chi connectivity index (χ0n) is 20.9. The molecule has 1 fully saturated rings. The summed E-state index contributed by atoms with van der Waals surface area (Å²) in [5.41, 5.74) is 4.96. The summed E-state index contributed by atoms with van der Waals surface area (Å²) < 4.78 is 15.2. The third-order valence-electron chi connectivity index (χ3n) is 6.22. The molecule has 1 saturated heterocycles. The number of hydrogen-bond acceptors (Lipinski definition) is 6. The van der Waals surface area contributed by atoms with Gasteiger partial charge in [-0.3, -0.25) is 4.99 Å². The Kier molecular flexibility index (Phi) is 7.05. The molecule has 3 N–H and O–H groups in total. The van der Waals surface area contributed by atoms with E-state index < -0.39 is 0 Å². The average Bonchev–Trinajstić information content (AvgIpc) is 3.17. The largest absolute Gasteiger partial charge is 0.383 e. The fourth-order valence-corrected chi connectivity index (χ4v) is 4.38. The molecule has 0 aliphatic carbocycles. The highest BCUT2D eigenvalue weighted by Crippen LogP contribution is 2.29. The van der Waals surface area contributed by atoms with Crippen molar-refractivity contribution < 1.29 is 4.39 Å². The Hall–Kier alpha value is -3.87. The maximum absolute atomic E-state index is 15.2. The Morgan fingerprint density at radius 2 is 2.06 bits per heavy atom. The minimum Gasteiger partial charge on any atom is -0.383 e. The van der Waals surface area contributed by atoms with Crippen molar-refractivity contribution in [3.05, 3.63) is 89.6 Å². The SMILES string of the molecule is C=C(/C=C1/CN(C(C)C)C(=C)N1)Nc1cc2cc(C3=C(C)/C(=C/C)NCC/N=C\3)c(F)cc2cn1. The number of benzene rings is 1. The molecule has 0 atom stereocenters. The monoisotopic (exact) mass is 472 g/mol. The molecule has 0 unspecified atom stereocenters. The van der Waals surface area contributed by atoms with Crippen molar-refractivity contribution in [3.8, 4) is 0 Å². The number of aliphatic imine (C=N–C) groups is 1. The number of rotatable bonds is 5. The number of aromatic nitrogens is 1. The molecular formula is C28H33FN6. The van der Waals surface area contributed by atoms with Gasteiger partial charge in [0.2, 0.25) is 0 Å². The Morgan fingerprint density at radius 3 is 2.77 bits per heavy atom. The van der Waals surface area contributed by atoms with Gasteiger partial charge in [0, 0.05) is 58.6 Å². The average molecular weight is 473 g/mol. The second kappa shape index (κ2) is 10.2. The molecule has 3 heterocycles. The highest BCUT2D eigenvalue weighted by atomic mass is 19.1. The van der Waals surface area contributed by atoms with E-state index in [1.54, 1.807) is 12.4 Å². The highest BCUT2D eigenvalue weighted by molar-refractivity contribution is 6.13. The van der Waals surface area contributed by atoms with Crippen LogP contribution in [-0.2, 0) is 0 Å². The number of pyridine rings is 1. The van der Waals surface area contributed by atoms with E-state index in [1.165, 1.54) is 6.07 Å². The second-order valence-corrected chi connectivity index (χ2v) is 9.06. The van der Waals surface area contributed by atoms with Gasteiger partial charge in [-0.05, 0) is 62.9 Å². The predicted molar refractivity (Wildman–Crippen MR) is 144 cm³/mol. The van der Waals surface area contributed by atoms with E-state index in [0.29, 0.717) is 29.7 Å². The molecule has 2 aliphatic heterocycles. The van der Waals surface area contributed by atoms with Crippen LogP contribution in [0.4, 0.5) is 10.2 Å². The van der Waals surface area contributed by atoms with Crippen molar-refractivity contribution >= 4 is 28.4 Å². The topological polar surface area (TPSA) is 64.6 Å². The molecule has 1 aromatic carbocycles. The molecule has 7 heteroatoms. The number of nitrogens with one attached hydrogen (secondary N) is 3. The van der Waals surface area contributed by atoms with Gasteiger partial charge in [0.15, 0.2) is 0 Å². The van der Waals surface area contributed by atoms with Gasteiger partial charge < -0.3 is 20.9 Å². The van der Waals surface area contributed by atoms with E-state index >= 15 is 4.39 Å². The molecule has 0 bridgehead atoms. The maximum Gasteiger partial charge on any atom is 0.131 e. The quantitative estimate of drug-likeness (QED) is 0.550. The number of nitrogens with zero attached hydrogens (tertiary/aromatic N) is 3. The molecule has 182 valence electrons. The zero-order chi connectivity index (χ0) is 25.1. The number of fused-ring (bicyclic) bond motifs is 1. The number of allylic oxidation sites excluding steroid dienone is 4. The van der Waals surface area contributed by atoms with E-state index in [-0.39, 0.29) is 5.82 Å². The first-order chi connectivity index (χ1) is 16.8. The molecule has 0 radical (unpaired) electrons. The zero-order valence-corrected chi connectivity index (χ0v) is 20.9. The van der Waals surface area contributed by atoms with Crippen LogP contribution in [-0.4, -0.2) is 41.8 Å². The third kappa shape index (κ3) is 5.29. The Labute approximate surface area is 206 Å². The molecule has 1 aromatic heterocycles. The van der Waals surface area contributed by atoms with Crippen molar-refractivity contribution in [1.82, 2.24) is 20.5 Å². The van der Waals surface area contributed by atoms with Crippen molar-refractivity contribution in [1.29, 1.82) is 0 Å². The van der Waals surface area contributed by atoms with Gasteiger partial charge in [0.1, 0.15) is 11.6 Å². The summed E-state index contributed by atoms with van der Waals surface area (Å²) >= 11 is 0. The van der Waals surface area contributed by atoms with Gasteiger partial charge in [0.25, 0.3) is 0 Å². The van der Waals surface area contributed by atoms with Gasteiger partial charge >= 0.3 is 0 Å². The molecular weight excluding hydrogens is 439 g/mol. The lowest BCUT2D eigenvalue weighted by atomic mass is 9.96. The third-order valence-corrected chi connectivity index (χ3v) is 6.22. The first-order valence-corrected chi connectivity index (χ1v) is 11.9. The van der Waals surface area contributed by atoms with Crippen LogP contribution in [0.25, 0.3) is 16.3 Å². The van der Waals surface area contributed by atoms with Crippen LogP contribution in [0.1, 0.15) is 33.3 Å². The van der Waals surface area contributed by atoms with Crippen molar-refractivity contribution in [2.24, 2.45) is 4.99 Å². The van der Waals surface area contributed by atoms with E-state index in [9.17, 15) is 0 Å². The molecule has 2 aromatic rings. The van der Waals surface area contributed by atoms with Crippen LogP contribution >= 0.6 is 0 Å². The number of anilines is 1. The summed E-state index contributed by atoms with van der Waals surface area (Å²) in [7, 11) is 0. The maximum atomic E-state index is 15.2. The summed E-state index contributed by atoms with van der Waals surface area (Å²) in [5, 5.41) is 11.5. The molecule has 0 spiro atoms. The normalized spacial score (nSPS) is 21.8. The summed E-state index contributed by atoms with van der Waals surface area (Å²) in [6.45, 7) is 18.6. The van der Waals surface area contributed by atoms with Gasteiger partial charge in [-0.25, -0.2) is 9.37 Å². The van der Waals surface area contributed by atoms with Crippen LogP contribution < -0.4 is 16.0 Å². The molecule has 4 rings (SSSR count). The van der Waals surface area contributed by atoms with E-state index in [2.05, 4.69) is 57.8 Å². The van der Waals surface area contributed by atoms with Crippen molar-refractivity contribution in [3.63, 3.8) is 0 Å². The molecule has 0 saturated carbocycles. The first-order valence-electron chi connectivity index (χ1n) is 11.9.